The Bertz CT molecular complexity index is 229. The Labute approximate surface area is 97.8 Å². The third-order valence-corrected chi connectivity index (χ3v) is 3.24. The minimum absolute atomic E-state index is 0.176. The van der Waals surface area contributed by atoms with Crippen LogP contribution in [0.5, 0.6) is 0 Å². The van der Waals surface area contributed by atoms with Crippen molar-refractivity contribution in [2.24, 2.45) is 5.73 Å². The highest BCUT2D eigenvalue weighted by Gasteiger charge is 2.29. The molecule has 0 aromatic carbocycles. The van der Waals surface area contributed by atoms with Crippen molar-refractivity contribution in [2.75, 3.05) is 13.1 Å². The molecule has 4 heteroatoms. The van der Waals surface area contributed by atoms with Crippen molar-refractivity contribution in [3.05, 3.63) is 0 Å². The number of nitrogens with zero attached hydrogens (tertiary/aromatic N) is 1. The predicted molar refractivity (Wildman–Crippen MR) is 63.9 cm³/mol. The molecule has 1 heterocycles. The largest absolute Gasteiger partial charge is 0.390 e. The molecule has 1 unspecified atom stereocenters. The molecule has 0 saturated carbocycles. The van der Waals surface area contributed by atoms with Crippen LogP contribution in [0.15, 0.2) is 0 Å². The summed E-state index contributed by atoms with van der Waals surface area (Å²) in [7, 11) is 0. The van der Waals surface area contributed by atoms with Crippen LogP contribution in [0.25, 0.3) is 0 Å². The first-order chi connectivity index (χ1) is 7.41. The van der Waals surface area contributed by atoms with Gasteiger partial charge >= 0.3 is 0 Å². The Kier molecular flexibility index (Phi) is 4.74. The number of carbonyl (C=O) groups excluding carboxylic acids is 1. The maximum absolute atomic E-state index is 11.8. The van der Waals surface area contributed by atoms with Gasteiger partial charge in [-0.1, -0.05) is 0 Å². The van der Waals surface area contributed by atoms with Gasteiger partial charge in [-0.05, 0) is 39.5 Å². The third-order valence-electron chi connectivity index (χ3n) is 3.24. The van der Waals surface area contributed by atoms with Gasteiger partial charge in [-0.15, -0.1) is 0 Å². The first-order valence-corrected chi connectivity index (χ1v) is 6.16. The van der Waals surface area contributed by atoms with E-state index in [4.69, 9.17) is 5.73 Å². The highest BCUT2D eigenvalue weighted by Crippen LogP contribution is 2.21. The molecule has 0 aromatic heterocycles. The first-order valence-electron chi connectivity index (χ1n) is 6.16. The van der Waals surface area contributed by atoms with Crippen molar-refractivity contribution in [2.45, 2.75) is 57.6 Å². The van der Waals surface area contributed by atoms with Gasteiger partial charge in [-0.2, -0.15) is 0 Å². The molecule has 1 saturated heterocycles. The summed E-state index contributed by atoms with van der Waals surface area (Å²) in [5.74, 6) is 0.205. The van der Waals surface area contributed by atoms with E-state index in [0.29, 0.717) is 32.4 Å². The Morgan fingerprint density at radius 3 is 2.56 bits per heavy atom. The van der Waals surface area contributed by atoms with Crippen molar-refractivity contribution in [1.29, 1.82) is 0 Å². The summed E-state index contributed by atoms with van der Waals surface area (Å²) >= 11 is 0. The second kappa shape index (κ2) is 5.64. The van der Waals surface area contributed by atoms with Crippen LogP contribution in [0.1, 0.15) is 46.0 Å². The van der Waals surface area contributed by atoms with Crippen molar-refractivity contribution in [3.63, 3.8) is 0 Å². The molecule has 1 amide bonds. The number of hydrogen-bond acceptors (Lipinski definition) is 3. The van der Waals surface area contributed by atoms with Gasteiger partial charge in [0.25, 0.3) is 0 Å². The van der Waals surface area contributed by atoms with Gasteiger partial charge in [0, 0.05) is 25.6 Å². The van der Waals surface area contributed by atoms with Crippen molar-refractivity contribution in [3.8, 4) is 0 Å². The molecule has 3 N–H and O–H groups in total. The standard InChI is InChI=1S/C12H24N2O2/c1-10(13)4-3-5-11(15)14-8-6-12(2,16)7-9-14/h10,16H,3-9,13H2,1-2H3. The second-order valence-electron chi connectivity index (χ2n) is 5.25. The van der Waals surface area contributed by atoms with E-state index < -0.39 is 5.60 Å². The van der Waals surface area contributed by atoms with Gasteiger partial charge in [0.15, 0.2) is 0 Å². The van der Waals surface area contributed by atoms with E-state index in [1.54, 1.807) is 0 Å². The van der Waals surface area contributed by atoms with E-state index >= 15 is 0 Å². The molecular formula is C12H24N2O2. The van der Waals surface area contributed by atoms with Gasteiger partial charge < -0.3 is 15.7 Å². The van der Waals surface area contributed by atoms with E-state index in [-0.39, 0.29) is 11.9 Å². The molecule has 0 bridgehead atoms. The smallest absolute Gasteiger partial charge is 0.222 e. The Morgan fingerprint density at radius 2 is 2.06 bits per heavy atom. The second-order valence-corrected chi connectivity index (χ2v) is 5.25. The number of likely N-dealkylation sites (tertiary alicyclic amines) is 1. The number of piperidine rings is 1. The molecular weight excluding hydrogens is 204 g/mol. The van der Waals surface area contributed by atoms with Crippen LogP contribution < -0.4 is 5.73 Å². The van der Waals surface area contributed by atoms with Crippen molar-refractivity contribution in [1.82, 2.24) is 4.90 Å². The minimum atomic E-state index is -0.581. The van der Waals surface area contributed by atoms with E-state index in [1.807, 2.05) is 18.7 Å². The zero-order valence-corrected chi connectivity index (χ0v) is 10.4. The average Bonchev–Trinajstić information content (AvgIpc) is 2.16. The molecule has 94 valence electrons. The highest BCUT2D eigenvalue weighted by molar-refractivity contribution is 5.76. The molecule has 1 aliphatic rings. The Hall–Kier alpha value is -0.610. The minimum Gasteiger partial charge on any atom is -0.390 e. The van der Waals surface area contributed by atoms with Crippen LogP contribution in [0.4, 0.5) is 0 Å². The lowest BCUT2D eigenvalue weighted by molar-refractivity contribution is -0.135. The predicted octanol–water partition coefficient (Wildman–Crippen LogP) is 0.877. The number of aliphatic hydroxyl groups is 1. The zero-order chi connectivity index (χ0) is 12.2. The fourth-order valence-electron chi connectivity index (χ4n) is 1.97. The number of nitrogens with two attached hydrogens (primary N) is 1. The molecule has 4 nitrogen and oxygen atoms in total. The quantitative estimate of drug-likeness (QED) is 0.750. The lowest BCUT2D eigenvalue weighted by Crippen LogP contribution is -2.45. The maximum Gasteiger partial charge on any atom is 0.222 e. The summed E-state index contributed by atoms with van der Waals surface area (Å²) < 4.78 is 0. The first kappa shape index (κ1) is 13.5. The molecule has 1 atom stereocenters. The number of amides is 1. The molecule has 0 radical (unpaired) electrons. The Morgan fingerprint density at radius 1 is 1.50 bits per heavy atom. The molecule has 0 aromatic rings. The fraction of sp³-hybridized carbons (Fsp3) is 0.917. The topological polar surface area (TPSA) is 66.6 Å². The van der Waals surface area contributed by atoms with Gasteiger partial charge in [0.2, 0.25) is 5.91 Å². The fourth-order valence-corrected chi connectivity index (χ4v) is 1.97. The van der Waals surface area contributed by atoms with Gasteiger partial charge in [0.1, 0.15) is 0 Å². The average molecular weight is 228 g/mol. The Balaban J connectivity index is 2.23. The van der Waals surface area contributed by atoms with Gasteiger partial charge in [-0.25, -0.2) is 0 Å². The summed E-state index contributed by atoms with van der Waals surface area (Å²) in [4.78, 5) is 13.7. The van der Waals surface area contributed by atoms with Gasteiger partial charge in [0.05, 0.1) is 5.60 Å². The van der Waals surface area contributed by atoms with Crippen LogP contribution in [-0.4, -0.2) is 40.6 Å². The summed E-state index contributed by atoms with van der Waals surface area (Å²) in [5, 5.41) is 9.77. The van der Waals surface area contributed by atoms with Gasteiger partial charge in [-0.3, -0.25) is 4.79 Å². The molecule has 0 spiro atoms. The maximum atomic E-state index is 11.8. The van der Waals surface area contributed by atoms with Crippen LogP contribution in [0.3, 0.4) is 0 Å². The summed E-state index contributed by atoms with van der Waals surface area (Å²) in [5.41, 5.74) is 5.05. The molecule has 16 heavy (non-hydrogen) atoms. The monoisotopic (exact) mass is 228 g/mol. The van der Waals surface area contributed by atoms with E-state index in [0.717, 1.165) is 12.8 Å². The van der Waals surface area contributed by atoms with Crippen LogP contribution >= 0.6 is 0 Å². The molecule has 1 fully saturated rings. The lowest BCUT2D eigenvalue weighted by Gasteiger charge is -2.35. The lowest BCUT2D eigenvalue weighted by atomic mass is 9.93. The molecule has 1 rings (SSSR count). The van der Waals surface area contributed by atoms with Crippen LogP contribution in [0, 0.1) is 0 Å². The number of carbonyl (C=O) groups is 1. The number of rotatable bonds is 4. The third kappa shape index (κ3) is 4.49. The van der Waals surface area contributed by atoms with E-state index in [2.05, 4.69) is 0 Å². The van der Waals surface area contributed by atoms with Crippen molar-refractivity contribution >= 4 is 5.91 Å². The summed E-state index contributed by atoms with van der Waals surface area (Å²) in [6, 6.07) is 0.176. The SMILES string of the molecule is CC(N)CCCC(=O)N1CCC(C)(O)CC1. The highest BCUT2D eigenvalue weighted by atomic mass is 16.3. The normalized spacial score (nSPS) is 21.9. The molecule has 0 aliphatic carbocycles. The van der Waals surface area contributed by atoms with Crippen LogP contribution in [0.2, 0.25) is 0 Å². The van der Waals surface area contributed by atoms with E-state index in [9.17, 15) is 9.90 Å². The van der Waals surface area contributed by atoms with E-state index in [1.165, 1.54) is 0 Å². The summed E-state index contributed by atoms with van der Waals surface area (Å²) in [6.45, 7) is 5.17. The molecule has 1 aliphatic heterocycles. The van der Waals surface area contributed by atoms with Crippen LogP contribution in [-0.2, 0) is 4.79 Å². The summed E-state index contributed by atoms with van der Waals surface area (Å²) in [6.07, 6.45) is 3.72. The number of hydrogen-bond donors (Lipinski definition) is 2. The zero-order valence-electron chi connectivity index (χ0n) is 10.4. The van der Waals surface area contributed by atoms with Crippen molar-refractivity contribution < 1.29 is 9.90 Å².